The van der Waals surface area contributed by atoms with Crippen molar-refractivity contribution in [2.75, 3.05) is 32.8 Å². The summed E-state index contributed by atoms with van der Waals surface area (Å²) in [5.74, 6) is 0.832. The van der Waals surface area contributed by atoms with Crippen molar-refractivity contribution in [1.29, 1.82) is 0 Å². The van der Waals surface area contributed by atoms with E-state index in [-0.39, 0.29) is 0 Å². The maximum atomic E-state index is 5.55. The lowest BCUT2D eigenvalue weighted by Gasteiger charge is -2.16. The molecule has 0 saturated carbocycles. The first-order valence-electron chi connectivity index (χ1n) is 5.76. The minimum atomic E-state index is 0.359. The minimum Gasteiger partial charge on any atom is -0.377 e. The van der Waals surface area contributed by atoms with Crippen molar-refractivity contribution in [2.24, 2.45) is 11.7 Å². The summed E-state index contributed by atoms with van der Waals surface area (Å²) in [6.07, 6.45) is 2.86. The SMILES string of the molecule is CC(C)OCCN1CCC(CCN)C1. The number of rotatable bonds is 6. The molecule has 0 aromatic heterocycles. The van der Waals surface area contributed by atoms with Gasteiger partial charge in [-0.05, 0) is 45.7 Å². The summed E-state index contributed by atoms with van der Waals surface area (Å²) in [5.41, 5.74) is 5.55. The van der Waals surface area contributed by atoms with Gasteiger partial charge in [0.2, 0.25) is 0 Å². The molecule has 0 spiro atoms. The van der Waals surface area contributed by atoms with Gasteiger partial charge in [-0.1, -0.05) is 0 Å². The third-order valence-corrected chi connectivity index (χ3v) is 2.80. The molecule has 0 bridgehead atoms. The Hall–Kier alpha value is -0.120. The topological polar surface area (TPSA) is 38.5 Å². The number of likely N-dealkylation sites (tertiary alicyclic amines) is 1. The maximum Gasteiger partial charge on any atom is 0.0596 e. The minimum absolute atomic E-state index is 0.359. The van der Waals surface area contributed by atoms with Crippen LogP contribution in [0.15, 0.2) is 0 Å². The fourth-order valence-corrected chi connectivity index (χ4v) is 2.00. The molecule has 84 valence electrons. The molecule has 1 aliphatic heterocycles. The van der Waals surface area contributed by atoms with Crippen LogP contribution in [0.1, 0.15) is 26.7 Å². The van der Waals surface area contributed by atoms with Gasteiger partial charge < -0.3 is 15.4 Å². The molecule has 3 heteroatoms. The Morgan fingerprint density at radius 1 is 1.50 bits per heavy atom. The number of nitrogens with two attached hydrogens (primary N) is 1. The third kappa shape index (κ3) is 4.40. The van der Waals surface area contributed by atoms with Gasteiger partial charge in [-0.2, -0.15) is 0 Å². The normalized spacial score (nSPS) is 23.6. The van der Waals surface area contributed by atoms with Gasteiger partial charge in [0, 0.05) is 13.1 Å². The van der Waals surface area contributed by atoms with E-state index in [0.29, 0.717) is 6.10 Å². The van der Waals surface area contributed by atoms with Crippen molar-refractivity contribution in [2.45, 2.75) is 32.8 Å². The zero-order valence-corrected chi connectivity index (χ0v) is 9.54. The van der Waals surface area contributed by atoms with Crippen LogP contribution in [-0.4, -0.2) is 43.8 Å². The highest BCUT2D eigenvalue weighted by Crippen LogP contribution is 2.18. The molecule has 0 aromatic carbocycles. The highest BCUT2D eigenvalue weighted by atomic mass is 16.5. The van der Waals surface area contributed by atoms with Crippen LogP contribution in [0.25, 0.3) is 0 Å². The van der Waals surface area contributed by atoms with Crippen LogP contribution in [0.5, 0.6) is 0 Å². The van der Waals surface area contributed by atoms with Gasteiger partial charge in [0.05, 0.1) is 12.7 Å². The second-order valence-corrected chi connectivity index (χ2v) is 4.45. The highest BCUT2D eigenvalue weighted by Gasteiger charge is 2.20. The Balaban J connectivity index is 2.04. The smallest absolute Gasteiger partial charge is 0.0596 e. The van der Waals surface area contributed by atoms with Crippen molar-refractivity contribution in [3.63, 3.8) is 0 Å². The fourth-order valence-electron chi connectivity index (χ4n) is 2.00. The molecule has 1 unspecified atom stereocenters. The lowest BCUT2D eigenvalue weighted by molar-refractivity contribution is 0.0628. The lowest BCUT2D eigenvalue weighted by Crippen LogP contribution is -2.26. The van der Waals surface area contributed by atoms with E-state index < -0.39 is 0 Å². The average molecular weight is 200 g/mol. The summed E-state index contributed by atoms with van der Waals surface area (Å²) in [7, 11) is 0. The molecular weight excluding hydrogens is 176 g/mol. The Bertz CT molecular complexity index is 150. The van der Waals surface area contributed by atoms with Gasteiger partial charge in [0.1, 0.15) is 0 Å². The number of hydrogen-bond acceptors (Lipinski definition) is 3. The lowest BCUT2D eigenvalue weighted by atomic mass is 10.1. The van der Waals surface area contributed by atoms with Crippen molar-refractivity contribution >= 4 is 0 Å². The van der Waals surface area contributed by atoms with Crippen LogP contribution in [0.3, 0.4) is 0 Å². The molecule has 2 N–H and O–H groups in total. The van der Waals surface area contributed by atoms with Crippen LogP contribution in [-0.2, 0) is 4.74 Å². The van der Waals surface area contributed by atoms with E-state index in [1.54, 1.807) is 0 Å². The van der Waals surface area contributed by atoms with Crippen molar-refractivity contribution in [1.82, 2.24) is 4.90 Å². The molecule has 14 heavy (non-hydrogen) atoms. The Morgan fingerprint density at radius 2 is 2.29 bits per heavy atom. The molecule has 0 aromatic rings. The van der Waals surface area contributed by atoms with E-state index in [9.17, 15) is 0 Å². The Kier molecular flexibility index (Phi) is 5.45. The van der Waals surface area contributed by atoms with E-state index in [1.807, 2.05) is 0 Å². The Labute approximate surface area is 87.6 Å². The summed E-state index contributed by atoms with van der Waals surface area (Å²) in [6, 6.07) is 0. The van der Waals surface area contributed by atoms with Crippen molar-refractivity contribution in [3.8, 4) is 0 Å². The first-order chi connectivity index (χ1) is 6.72. The van der Waals surface area contributed by atoms with Crippen molar-refractivity contribution < 1.29 is 4.74 Å². The molecule has 0 amide bonds. The molecule has 1 fully saturated rings. The molecule has 1 saturated heterocycles. The second-order valence-electron chi connectivity index (χ2n) is 4.45. The summed E-state index contributed by atoms with van der Waals surface area (Å²) in [5, 5.41) is 0. The van der Waals surface area contributed by atoms with Crippen molar-refractivity contribution in [3.05, 3.63) is 0 Å². The van der Waals surface area contributed by atoms with Gasteiger partial charge in [-0.25, -0.2) is 0 Å². The highest BCUT2D eigenvalue weighted by molar-refractivity contribution is 4.75. The first kappa shape index (κ1) is 12.0. The molecule has 0 radical (unpaired) electrons. The Morgan fingerprint density at radius 3 is 2.93 bits per heavy atom. The number of ether oxygens (including phenoxy) is 1. The largest absolute Gasteiger partial charge is 0.377 e. The van der Waals surface area contributed by atoms with E-state index in [2.05, 4.69) is 18.7 Å². The van der Waals surface area contributed by atoms with Gasteiger partial charge in [-0.3, -0.25) is 0 Å². The van der Waals surface area contributed by atoms with Gasteiger partial charge in [-0.15, -0.1) is 0 Å². The van der Waals surface area contributed by atoms with E-state index in [1.165, 1.54) is 25.9 Å². The first-order valence-corrected chi connectivity index (χ1v) is 5.76. The van der Waals surface area contributed by atoms with Crippen LogP contribution in [0, 0.1) is 5.92 Å². The monoisotopic (exact) mass is 200 g/mol. The average Bonchev–Trinajstić information content (AvgIpc) is 2.53. The summed E-state index contributed by atoms with van der Waals surface area (Å²) in [4.78, 5) is 2.49. The summed E-state index contributed by atoms with van der Waals surface area (Å²) >= 11 is 0. The number of hydrogen-bond donors (Lipinski definition) is 1. The van der Waals surface area contributed by atoms with Crippen LogP contribution < -0.4 is 5.73 Å². The van der Waals surface area contributed by atoms with Crippen LogP contribution in [0.2, 0.25) is 0 Å². The zero-order valence-electron chi connectivity index (χ0n) is 9.54. The van der Waals surface area contributed by atoms with Gasteiger partial charge >= 0.3 is 0 Å². The predicted molar refractivity (Wildman–Crippen MR) is 59.3 cm³/mol. The van der Waals surface area contributed by atoms with Crippen LogP contribution in [0.4, 0.5) is 0 Å². The molecule has 1 aliphatic rings. The third-order valence-electron chi connectivity index (χ3n) is 2.80. The standard InChI is InChI=1S/C11H24N2O/c1-10(2)14-8-7-13-6-4-11(9-13)3-5-12/h10-11H,3-9,12H2,1-2H3. The second kappa shape index (κ2) is 6.38. The molecule has 3 nitrogen and oxygen atoms in total. The summed E-state index contributed by atoms with van der Waals surface area (Å²) in [6.45, 7) is 9.40. The van der Waals surface area contributed by atoms with Gasteiger partial charge in [0.25, 0.3) is 0 Å². The van der Waals surface area contributed by atoms with Gasteiger partial charge in [0.15, 0.2) is 0 Å². The van der Waals surface area contributed by atoms with E-state index in [4.69, 9.17) is 10.5 Å². The summed E-state index contributed by atoms with van der Waals surface area (Å²) < 4.78 is 5.53. The quantitative estimate of drug-likeness (QED) is 0.697. The molecule has 1 heterocycles. The molecular formula is C11H24N2O. The van der Waals surface area contributed by atoms with Crippen LogP contribution >= 0.6 is 0 Å². The zero-order chi connectivity index (χ0) is 10.4. The predicted octanol–water partition coefficient (Wildman–Crippen LogP) is 1.08. The number of nitrogens with zero attached hydrogens (tertiary/aromatic N) is 1. The molecule has 1 atom stereocenters. The molecule has 1 rings (SSSR count). The fraction of sp³-hybridized carbons (Fsp3) is 1.00. The molecule has 0 aliphatic carbocycles. The van der Waals surface area contributed by atoms with E-state index >= 15 is 0 Å². The van der Waals surface area contributed by atoms with E-state index in [0.717, 1.165) is 25.6 Å². The maximum absolute atomic E-state index is 5.55.